The van der Waals surface area contributed by atoms with Crippen molar-refractivity contribution in [3.63, 3.8) is 0 Å². The van der Waals surface area contributed by atoms with Crippen molar-refractivity contribution in [2.45, 2.75) is 27.2 Å². The number of carbonyl (C=O) groups excluding carboxylic acids is 1. The van der Waals surface area contributed by atoms with Crippen LogP contribution in [0.4, 0.5) is 11.5 Å². The lowest BCUT2D eigenvalue weighted by atomic mass is 9.80. The molecule has 1 atom stereocenters. The molecule has 110 valence electrons. The van der Waals surface area contributed by atoms with Gasteiger partial charge in [-0.1, -0.05) is 20.8 Å². The Morgan fingerprint density at radius 2 is 2.20 bits per heavy atom. The van der Waals surface area contributed by atoms with Crippen molar-refractivity contribution in [2.75, 3.05) is 30.8 Å². The fourth-order valence-corrected chi connectivity index (χ4v) is 2.59. The molecule has 0 amide bonds. The molecular weight excluding hydrogens is 254 g/mol. The van der Waals surface area contributed by atoms with E-state index in [1.807, 2.05) is 0 Å². The Kier molecular flexibility index (Phi) is 3.88. The molecule has 0 aliphatic carbocycles. The predicted octanol–water partition coefficient (Wildman–Crippen LogP) is 2.32. The third-order valence-corrected chi connectivity index (χ3v) is 4.06. The summed E-state index contributed by atoms with van der Waals surface area (Å²) in [5.41, 5.74) is 6.80. The SMILES string of the molecule is COC(=O)c1cc(N2CCC(C(C)(C)C)C2)ncc1N. The zero-order valence-corrected chi connectivity index (χ0v) is 12.6. The van der Waals surface area contributed by atoms with Gasteiger partial charge < -0.3 is 15.4 Å². The number of pyridine rings is 1. The lowest BCUT2D eigenvalue weighted by Crippen LogP contribution is -2.26. The van der Waals surface area contributed by atoms with E-state index in [1.165, 1.54) is 13.3 Å². The summed E-state index contributed by atoms with van der Waals surface area (Å²) in [6, 6.07) is 1.73. The molecule has 0 radical (unpaired) electrons. The van der Waals surface area contributed by atoms with Gasteiger partial charge in [-0.2, -0.15) is 0 Å². The topological polar surface area (TPSA) is 68.5 Å². The Balaban J connectivity index is 2.21. The largest absolute Gasteiger partial charge is 0.465 e. The Bertz CT molecular complexity index is 508. The van der Waals surface area contributed by atoms with Gasteiger partial charge in [0, 0.05) is 13.1 Å². The second-order valence-corrected chi connectivity index (χ2v) is 6.42. The summed E-state index contributed by atoms with van der Waals surface area (Å²) >= 11 is 0. The molecule has 1 saturated heterocycles. The summed E-state index contributed by atoms with van der Waals surface area (Å²) in [5, 5.41) is 0. The zero-order chi connectivity index (χ0) is 14.9. The number of nitrogens with zero attached hydrogens (tertiary/aromatic N) is 2. The van der Waals surface area contributed by atoms with E-state index < -0.39 is 5.97 Å². The highest BCUT2D eigenvalue weighted by Crippen LogP contribution is 2.35. The molecule has 1 aromatic rings. The van der Waals surface area contributed by atoms with Crippen LogP contribution in [0.25, 0.3) is 0 Å². The van der Waals surface area contributed by atoms with Crippen LogP contribution >= 0.6 is 0 Å². The van der Waals surface area contributed by atoms with Gasteiger partial charge in [0.25, 0.3) is 0 Å². The molecule has 20 heavy (non-hydrogen) atoms. The number of hydrogen-bond donors (Lipinski definition) is 1. The van der Waals surface area contributed by atoms with Crippen LogP contribution in [0.5, 0.6) is 0 Å². The van der Waals surface area contributed by atoms with E-state index in [9.17, 15) is 4.79 Å². The number of ether oxygens (including phenoxy) is 1. The van der Waals surface area contributed by atoms with E-state index in [0.717, 1.165) is 25.3 Å². The average molecular weight is 277 g/mol. The highest BCUT2D eigenvalue weighted by molar-refractivity contribution is 5.95. The molecule has 1 aliphatic heterocycles. The third-order valence-electron chi connectivity index (χ3n) is 4.06. The molecule has 2 rings (SSSR count). The van der Waals surface area contributed by atoms with E-state index in [1.54, 1.807) is 6.07 Å². The third kappa shape index (κ3) is 2.86. The van der Waals surface area contributed by atoms with E-state index in [0.29, 0.717) is 17.2 Å². The molecule has 0 aromatic carbocycles. The minimum atomic E-state index is -0.419. The van der Waals surface area contributed by atoms with Crippen LogP contribution in [0.1, 0.15) is 37.6 Å². The summed E-state index contributed by atoms with van der Waals surface area (Å²) in [4.78, 5) is 18.2. The number of carbonyl (C=O) groups is 1. The van der Waals surface area contributed by atoms with Gasteiger partial charge in [0.15, 0.2) is 0 Å². The molecule has 5 heteroatoms. The molecule has 0 spiro atoms. The van der Waals surface area contributed by atoms with Crippen LogP contribution in [-0.4, -0.2) is 31.2 Å². The van der Waals surface area contributed by atoms with Crippen LogP contribution in [0.15, 0.2) is 12.3 Å². The highest BCUT2D eigenvalue weighted by Gasteiger charge is 2.32. The first kappa shape index (κ1) is 14.6. The number of esters is 1. The van der Waals surface area contributed by atoms with Gasteiger partial charge in [-0.05, 0) is 23.8 Å². The van der Waals surface area contributed by atoms with E-state index >= 15 is 0 Å². The number of nitrogens with two attached hydrogens (primary N) is 1. The maximum absolute atomic E-state index is 11.7. The molecule has 2 heterocycles. The van der Waals surface area contributed by atoms with Gasteiger partial charge in [-0.3, -0.25) is 0 Å². The minimum absolute atomic E-state index is 0.285. The van der Waals surface area contributed by atoms with Crippen molar-refractivity contribution < 1.29 is 9.53 Å². The first-order chi connectivity index (χ1) is 9.32. The normalized spacial score (nSPS) is 19.2. The molecule has 1 unspecified atom stereocenters. The summed E-state index contributed by atoms with van der Waals surface area (Å²) in [6.07, 6.45) is 2.68. The molecule has 0 saturated carbocycles. The minimum Gasteiger partial charge on any atom is -0.465 e. The van der Waals surface area contributed by atoms with Gasteiger partial charge in [0.05, 0.1) is 24.6 Å². The van der Waals surface area contributed by atoms with Gasteiger partial charge in [-0.15, -0.1) is 0 Å². The van der Waals surface area contributed by atoms with Crippen molar-refractivity contribution in [3.8, 4) is 0 Å². The number of hydrogen-bond acceptors (Lipinski definition) is 5. The van der Waals surface area contributed by atoms with Crippen molar-refractivity contribution in [2.24, 2.45) is 11.3 Å². The van der Waals surface area contributed by atoms with Crippen LogP contribution in [0.3, 0.4) is 0 Å². The fraction of sp³-hybridized carbons (Fsp3) is 0.600. The maximum Gasteiger partial charge on any atom is 0.340 e. The molecule has 0 bridgehead atoms. The quantitative estimate of drug-likeness (QED) is 0.840. The number of methoxy groups -OCH3 is 1. The molecule has 5 nitrogen and oxygen atoms in total. The fourth-order valence-electron chi connectivity index (χ4n) is 2.59. The van der Waals surface area contributed by atoms with Crippen LogP contribution in [0, 0.1) is 11.3 Å². The van der Waals surface area contributed by atoms with Gasteiger partial charge in [0.1, 0.15) is 5.82 Å². The number of aromatic nitrogens is 1. The Labute approximate surface area is 120 Å². The second kappa shape index (κ2) is 5.31. The molecule has 2 N–H and O–H groups in total. The standard InChI is InChI=1S/C15H23N3O2/c1-15(2,3)10-5-6-18(9-10)13-7-11(14(19)20-4)12(16)8-17-13/h7-8,10H,5-6,9,16H2,1-4H3. The maximum atomic E-state index is 11.7. The van der Waals surface area contributed by atoms with Gasteiger partial charge in [0.2, 0.25) is 0 Å². The lowest BCUT2D eigenvalue weighted by Gasteiger charge is -2.27. The Morgan fingerprint density at radius 1 is 1.50 bits per heavy atom. The Hall–Kier alpha value is -1.78. The number of anilines is 2. The first-order valence-electron chi connectivity index (χ1n) is 6.91. The summed E-state index contributed by atoms with van der Waals surface area (Å²) in [7, 11) is 1.35. The number of nitrogen functional groups attached to an aromatic ring is 1. The average Bonchev–Trinajstić information content (AvgIpc) is 2.88. The summed E-state index contributed by atoms with van der Waals surface area (Å²) in [5.74, 6) is 1.01. The van der Waals surface area contributed by atoms with Crippen molar-refractivity contribution in [3.05, 3.63) is 17.8 Å². The van der Waals surface area contributed by atoms with Crippen molar-refractivity contribution in [1.29, 1.82) is 0 Å². The lowest BCUT2D eigenvalue weighted by molar-refractivity contribution is 0.0602. The van der Waals surface area contributed by atoms with Crippen molar-refractivity contribution in [1.82, 2.24) is 4.98 Å². The number of rotatable bonds is 2. The second-order valence-electron chi connectivity index (χ2n) is 6.42. The molecule has 1 fully saturated rings. The smallest absolute Gasteiger partial charge is 0.340 e. The highest BCUT2D eigenvalue weighted by atomic mass is 16.5. The van der Waals surface area contributed by atoms with E-state index in [-0.39, 0.29) is 5.41 Å². The van der Waals surface area contributed by atoms with Crippen LogP contribution in [-0.2, 0) is 4.74 Å². The Morgan fingerprint density at radius 3 is 2.75 bits per heavy atom. The molecule has 1 aliphatic rings. The van der Waals surface area contributed by atoms with E-state index in [2.05, 4.69) is 30.7 Å². The first-order valence-corrected chi connectivity index (χ1v) is 6.91. The summed E-state index contributed by atoms with van der Waals surface area (Å²) < 4.78 is 4.74. The van der Waals surface area contributed by atoms with Gasteiger partial charge in [-0.25, -0.2) is 9.78 Å². The molecule has 1 aromatic heterocycles. The zero-order valence-electron chi connectivity index (χ0n) is 12.6. The van der Waals surface area contributed by atoms with Gasteiger partial charge >= 0.3 is 5.97 Å². The van der Waals surface area contributed by atoms with E-state index in [4.69, 9.17) is 10.5 Å². The van der Waals surface area contributed by atoms with Crippen LogP contribution < -0.4 is 10.6 Å². The summed E-state index contributed by atoms with van der Waals surface area (Å²) in [6.45, 7) is 8.70. The van der Waals surface area contributed by atoms with Crippen LogP contribution in [0.2, 0.25) is 0 Å². The monoisotopic (exact) mass is 277 g/mol. The molecular formula is C15H23N3O2. The predicted molar refractivity (Wildman–Crippen MR) is 79.8 cm³/mol. The van der Waals surface area contributed by atoms with Crippen molar-refractivity contribution >= 4 is 17.5 Å².